The van der Waals surface area contributed by atoms with Crippen molar-refractivity contribution in [1.82, 2.24) is 5.32 Å². The minimum atomic E-state index is -4.46. The zero-order valence-electron chi connectivity index (χ0n) is 17.4. The van der Waals surface area contributed by atoms with E-state index in [2.05, 4.69) is 77.5 Å². The summed E-state index contributed by atoms with van der Waals surface area (Å²) in [5.41, 5.74) is 0. The van der Waals surface area contributed by atoms with E-state index in [1.807, 2.05) is 0 Å². The third kappa shape index (κ3) is 24.2. The Morgan fingerprint density at radius 1 is 0.862 bits per heavy atom. The first-order valence-electron chi connectivity index (χ1n) is 10.2. The van der Waals surface area contributed by atoms with Gasteiger partial charge in [-0.3, -0.25) is 9.32 Å². The lowest BCUT2D eigenvalue weighted by Gasteiger charge is -2.06. The molecule has 0 aliphatic carbocycles. The Labute approximate surface area is 175 Å². The third-order valence-electron chi connectivity index (χ3n) is 3.62. The van der Waals surface area contributed by atoms with Gasteiger partial charge in [0.1, 0.15) is 0 Å². The Bertz CT molecular complexity index is 602. The minimum Gasteiger partial charge on any atom is -0.354 e. The van der Waals surface area contributed by atoms with Crippen molar-refractivity contribution in [3.8, 4) is 0 Å². The Morgan fingerprint density at radius 3 is 1.83 bits per heavy atom. The Hall–Kier alpha value is -1.72. The van der Waals surface area contributed by atoms with Gasteiger partial charge in [0, 0.05) is 13.0 Å². The summed E-state index contributed by atoms with van der Waals surface area (Å²) in [7, 11) is -4.46. The van der Waals surface area contributed by atoms with Crippen molar-refractivity contribution >= 4 is 13.7 Å². The molecule has 0 unspecified atom stereocenters. The molecule has 0 aromatic rings. The smallest absolute Gasteiger partial charge is 0.354 e. The van der Waals surface area contributed by atoms with Crippen LogP contribution in [0.1, 0.15) is 58.3 Å². The minimum absolute atomic E-state index is 0.0889. The number of allylic oxidation sites excluding steroid dienone is 10. The summed E-state index contributed by atoms with van der Waals surface area (Å²) in [6, 6.07) is 0. The van der Waals surface area contributed by atoms with E-state index in [9.17, 15) is 9.36 Å². The molecule has 0 bridgehead atoms. The van der Waals surface area contributed by atoms with E-state index in [1.54, 1.807) is 0 Å². The fraction of sp³-hybridized carbons (Fsp3) is 0.500. The second-order valence-corrected chi connectivity index (χ2v) is 7.51. The van der Waals surface area contributed by atoms with Gasteiger partial charge in [0.2, 0.25) is 5.91 Å². The second kappa shape index (κ2) is 19.6. The largest absolute Gasteiger partial charge is 0.469 e. The number of nitrogens with one attached hydrogen (secondary N) is 1. The zero-order valence-corrected chi connectivity index (χ0v) is 18.3. The molecule has 0 aromatic carbocycles. The molecule has 0 fully saturated rings. The highest BCUT2D eigenvalue weighted by Crippen LogP contribution is 2.35. The van der Waals surface area contributed by atoms with Crippen molar-refractivity contribution in [2.45, 2.75) is 58.3 Å². The maximum atomic E-state index is 11.5. The molecule has 0 rings (SSSR count). The molecule has 0 saturated heterocycles. The lowest BCUT2D eigenvalue weighted by Crippen LogP contribution is -2.26. The summed E-state index contributed by atoms with van der Waals surface area (Å²) in [5.74, 6) is -0.147. The molecule has 164 valence electrons. The van der Waals surface area contributed by atoms with Crippen molar-refractivity contribution < 1.29 is 23.7 Å². The van der Waals surface area contributed by atoms with Crippen LogP contribution in [-0.2, 0) is 13.9 Å². The van der Waals surface area contributed by atoms with Gasteiger partial charge in [-0.2, -0.15) is 0 Å². The van der Waals surface area contributed by atoms with Crippen LogP contribution in [0.5, 0.6) is 0 Å². The van der Waals surface area contributed by atoms with Crippen LogP contribution >= 0.6 is 7.82 Å². The number of hydrogen-bond acceptors (Lipinski definition) is 3. The second-order valence-electron chi connectivity index (χ2n) is 6.27. The first kappa shape index (κ1) is 27.3. The van der Waals surface area contributed by atoms with Crippen LogP contribution < -0.4 is 5.32 Å². The molecule has 29 heavy (non-hydrogen) atoms. The topological polar surface area (TPSA) is 95.9 Å². The van der Waals surface area contributed by atoms with Gasteiger partial charge in [-0.25, -0.2) is 4.57 Å². The van der Waals surface area contributed by atoms with Gasteiger partial charge < -0.3 is 15.1 Å². The first-order chi connectivity index (χ1) is 14.0. The molecular formula is C22H36NO5P. The van der Waals surface area contributed by atoms with Gasteiger partial charge in [0.05, 0.1) is 6.61 Å². The molecule has 0 aliphatic rings. The van der Waals surface area contributed by atoms with Crippen LogP contribution in [0.15, 0.2) is 60.8 Å². The van der Waals surface area contributed by atoms with Gasteiger partial charge in [-0.05, 0) is 44.9 Å². The van der Waals surface area contributed by atoms with Crippen molar-refractivity contribution in [3.05, 3.63) is 60.8 Å². The summed E-state index contributed by atoms with van der Waals surface area (Å²) >= 11 is 0. The van der Waals surface area contributed by atoms with Crippen molar-refractivity contribution in [1.29, 1.82) is 0 Å². The molecule has 0 atom stereocenters. The number of unbranched alkanes of at least 4 members (excludes halogenated alkanes) is 1. The fourth-order valence-corrected chi connectivity index (χ4v) is 2.52. The molecule has 3 N–H and O–H groups in total. The van der Waals surface area contributed by atoms with E-state index in [0.29, 0.717) is 6.42 Å². The summed E-state index contributed by atoms with van der Waals surface area (Å²) in [5, 5.41) is 2.55. The Balaban J connectivity index is 3.54. The number of hydrogen-bond donors (Lipinski definition) is 3. The highest BCUT2D eigenvalue weighted by Gasteiger charge is 2.12. The predicted octanol–water partition coefficient (Wildman–Crippen LogP) is 5.13. The van der Waals surface area contributed by atoms with Crippen LogP contribution in [0.2, 0.25) is 0 Å². The monoisotopic (exact) mass is 425 g/mol. The highest BCUT2D eigenvalue weighted by molar-refractivity contribution is 7.46. The number of carbonyl (C=O) groups is 1. The van der Waals surface area contributed by atoms with Gasteiger partial charge in [0.15, 0.2) is 0 Å². The Morgan fingerprint density at radius 2 is 1.34 bits per heavy atom. The molecule has 0 radical (unpaired) electrons. The number of rotatable bonds is 17. The normalized spacial score (nSPS) is 13.1. The summed E-state index contributed by atoms with van der Waals surface area (Å²) < 4.78 is 14.7. The van der Waals surface area contributed by atoms with Crippen LogP contribution in [0, 0.1) is 0 Å². The first-order valence-corrected chi connectivity index (χ1v) is 11.7. The average molecular weight is 426 g/mol. The summed E-state index contributed by atoms with van der Waals surface area (Å²) in [6.45, 7) is 2.02. The van der Waals surface area contributed by atoms with Crippen LogP contribution in [-0.4, -0.2) is 28.8 Å². The van der Waals surface area contributed by atoms with E-state index >= 15 is 0 Å². The molecule has 0 spiro atoms. The van der Waals surface area contributed by atoms with Gasteiger partial charge in [-0.15, -0.1) is 0 Å². The third-order valence-corrected chi connectivity index (χ3v) is 4.13. The van der Waals surface area contributed by atoms with Crippen LogP contribution in [0.3, 0.4) is 0 Å². The molecule has 0 saturated carbocycles. The average Bonchev–Trinajstić information content (AvgIpc) is 2.67. The number of phosphoric acid groups is 1. The van der Waals surface area contributed by atoms with Gasteiger partial charge in [0.25, 0.3) is 0 Å². The maximum Gasteiger partial charge on any atom is 0.469 e. The predicted molar refractivity (Wildman–Crippen MR) is 119 cm³/mol. The lowest BCUT2D eigenvalue weighted by atomic mass is 10.2. The fourth-order valence-electron chi connectivity index (χ4n) is 2.19. The molecule has 0 heterocycles. The van der Waals surface area contributed by atoms with E-state index in [-0.39, 0.29) is 19.1 Å². The summed E-state index contributed by atoms with van der Waals surface area (Å²) in [6.07, 6.45) is 28.3. The van der Waals surface area contributed by atoms with Gasteiger partial charge in [-0.1, -0.05) is 67.7 Å². The van der Waals surface area contributed by atoms with E-state index in [4.69, 9.17) is 9.79 Å². The van der Waals surface area contributed by atoms with E-state index < -0.39 is 7.82 Å². The maximum absolute atomic E-state index is 11.5. The lowest BCUT2D eigenvalue weighted by molar-refractivity contribution is -0.121. The standard InChI is InChI=1S/C22H36NO5P/c1-2-3-4-5-6-7-8-9-10-11-12-13-14-15-16-17-18-19-22(24)23-20-21-28-29(25,26)27/h3-4,6-7,9-10,12-13,15-16H,2,5,8,11,14,17-21H2,1H3,(H,23,24)(H2,25,26,27)/b4-3+,7-6+,10-9+,13-12+,16-15+. The summed E-state index contributed by atoms with van der Waals surface area (Å²) in [4.78, 5) is 28.5. The SMILES string of the molecule is CC/C=C/C/C=C/C/C=C/C/C=C/C/C=C/CCCC(=O)NCCOP(=O)(O)O. The van der Waals surface area contributed by atoms with Crippen molar-refractivity contribution in [2.24, 2.45) is 0 Å². The van der Waals surface area contributed by atoms with E-state index in [0.717, 1.165) is 44.9 Å². The molecule has 6 nitrogen and oxygen atoms in total. The quantitative estimate of drug-likeness (QED) is 0.170. The highest BCUT2D eigenvalue weighted by atomic mass is 31.2. The van der Waals surface area contributed by atoms with Crippen molar-refractivity contribution in [3.63, 3.8) is 0 Å². The van der Waals surface area contributed by atoms with Crippen molar-refractivity contribution in [2.75, 3.05) is 13.2 Å². The number of carbonyl (C=O) groups excluding carboxylic acids is 1. The van der Waals surface area contributed by atoms with Crippen LogP contribution in [0.25, 0.3) is 0 Å². The molecule has 7 heteroatoms. The van der Waals surface area contributed by atoms with E-state index in [1.165, 1.54) is 0 Å². The van der Waals surface area contributed by atoms with Crippen LogP contribution in [0.4, 0.5) is 0 Å². The molecule has 1 amide bonds. The van der Waals surface area contributed by atoms with Gasteiger partial charge >= 0.3 is 7.82 Å². The zero-order chi connectivity index (χ0) is 21.6. The number of phosphoric ester groups is 1. The molecule has 0 aliphatic heterocycles. The Kier molecular flexibility index (Phi) is 18.4. The molecular weight excluding hydrogens is 389 g/mol. The molecule has 0 aromatic heterocycles. The number of amides is 1.